The number of hydrogen-bond donors (Lipinski definition) is 0. The second-order valence-electron chi connectivity index (χ2n) is 2.70. The van der Waals surface area contributed by atoms with E-state index in [0.717, 1.165) is 0 Å². The van der Waals surface area contributed by atoms with E-state index in [4.69, 9.17) is 10.1 Å². The molecule has 17 heavy (non-hydrogen) atoms. The molecule has 0 N–H and O–H groups in total. The van der Waals surface area contributed by atoms with Gasteiger partial charge in [-0.15, -0.1) is 0 Å². The number of aromatic nitrogens is 1. The topological polar surface area (TPSA) is 36.9 Å². The van der Waals surface area contributed by atoms with Crippen molar-refractivity contribution in [3.8, 4) is 6.07 Å². The molecule has 0 aliphatic rings. The van der Waals surface area contributed by atoms with Crippen molar-refractivity contribution in [3.63, 3.8) is 0 Å². The Hall–Kier alpha value is -1.55. The zero-order valence-electron chi connectivity index (χ0n) is 8.33. The van der Waals surface area contributed by atoms with Gasteiger partial charge in [0.05, 0.1) is 11.6 Å². The van der Waals surface area contributed by atoms with Crippen molar-refractivity contribution < 1.29 is 34.7 Å². The summed E-state index contributed by atoms with van der Waals surface area (Å²) < 4.78 is 60.7. The predicted octanol–water partition coefficient (Wildman–Crippen LogP) is 3.29. The Labute approximate surface area is 92.0 Å². The van der Waals surface area contributed by atoms with E-state index in [0.29, 0.717) is 5.56 Å². The Morgan fingerprint density at radius 3 is 1.71 bits per heavy atom. The van der Waals surface area contributed by atoms with Crippen LogP contribution in [0.2, 0.25) is 0 Å². The van der Waals surface area contributed by atoms with Crippen LogP contribution in [0.4, 0.5) is 25.2 Å². The van der Waals surface area contributed by atoms with Crippen molar-refractivity contribution in [2.75, 3.05) is 7.11 Å². The minimum absolute atomic E-state index is 0.633. The fourth-order valence-corrected chi connectivity index (χ4v) is 0.609. The summed E-state index contributed by atoms with van der Waals surface area (Å²) in [5, 5.41) is 8.40. The van der Waals surface area contributed by atoms with Crippen LogP contribution in [0.15, 0.2) is 24.5 Å². The molecular formula is C7H7F6N2OP. The van der Waals surface area contributed by atoms with Crippen LogP contribution in [0, 0.1) is 11.3 Å². The molecule has 0 amide bonds. The van der Waals surface area contributed by atoms with E-state index in [2.05, 4.69) is 0 Å². The van der Waals surface area contributed by atoms with Gasteiger partial charge in [0.15, 0.2) is 0 Å². The molecule has 0 unspecified atom stereocenters. The van der Waals surface area contributed by atoms with Gasteiger partial charge in [-0.05, 0) is 0 Å². The van der Waals surface area contributed by atoms with Crippen molar-refractivity contribution in [1.29, 1.82) is 5.26 Å². The van der Waals surface area contributed by atoms with E-state index >= 15 is 0 Å². The molecule has 0 radical (unpaired) electrons. The fourth-order valence-electron chi connectivity index (χ4n) is 0.609. The van der Waals surface area contributed by atoms with Crippen LogP contribution in [-0.2, 0) is 0 Å². The Morgan fingerprint density at radius 1 is 1.12 bits per heavy atom. The second-order valence-corrected chi connectivity index (χ2v) is 4.62. The molecule has 0 saturated carbocycles. The molecule has 0 saturated heterocycles. The van der Waals surface area contributed by atoms with Gasteiger partial charge in [0.25, 0.3) is 0 Å². The van der Waals surface area contributed by atoms with E-state index in [1.54, 1.807) is 31.6 Å². The average molecular weight is 280 g/mol. The standard InChI is InChI=1S/C7H7N2O.F6P/c1-10-9-4-2-7(6-8)3-5-9;1-7(2,3,4,5)6/h2-5H,1H3;/q+1;-1. The third-order valence-corrected chi connectivity index (χ3v) is 1.14. The van der Waals surface area contributed by atoms with Crippen LogP contribution >= 0.6 is 7.81 Å². The molecule has 3 nitrogen and oxygen atoms in total. The van der Waals surface area contributed by atoms with E-state index in [1.807, 2.05) is 6.07 Å². The summed E-state index contributed by atoms with van der Waals surface area (Å²) in [6.07, 6.45) is 3.36. The molecule has 1 aromatic heterocycles. The van der Waals surface area contributed by atoms with E-state index < -0.39 is 7.81 Å². The zero-order chi connectivity index (χ0) is 13.8. The number of hydrogen-bond acceptors (Lipinski definition) is 2. The first-order valence-electron chi connectivity index (χ1n) is 3.84. The van der Waals surface area contributed by atoms with Gasteiger partial charge in [0.2, 0.25) is 12.4 Å². The molecule has 0 aromatic carbocycles. The van der Waals surface area contributed by atoms with E-state index in [9.17, 15) is 25.2 Å². The predicted molar refractivity (Wildman–Crippen MR) is 47.4 cm³/mol. The molecule has 0 bridgehead atoms. The van der Waals surface area contributed by atoms with Crippen molar-refractivity contribution in [3.05, 3.63) is 30.1 Å². The molecule has 0 aliphatic heterocycles. The van der Waals surface area contributed by atoms with Gasteiger partial charge in [0.1, 0.15) is 7.11 Å². The number of halogens is 6. The number of rotatable bonds is 1. The quantitative estimate of drug-likeness (QED) is 0.449. The van der Waals surface area contributed by atoms with Crippen LogP contribution in [0.1, 0.15) is 5.56 Å². The van der Waals surface area contributed by atoms with Crippen molar-refractivity contribution in [1.82, 2.24) is 0 Å². The Balaban J connectivity index is 0.000000325. The van der Waals surface area contributed by atoms with Crippen LogP contribution in [0.5, 0.6) is 0 Å². The van der Waals surface area contributed by atoms with Gasteiger partial charge in [-0.1, -0.05) is 0 Å². The number of nitriles is 1. The Kier molecular flexibility index (Phi) is 3.67. The zero-order valence-corrected chi connectivity index (χ0v) is 9.22. The van der Waals surface area contributed by atoms with E-state index in [1.165, 1.54) is 4.73 Å². The first-order valence-corrected chi connectivity index (χ1v) is 5.87. The second kappa shape index (κ2) is 4.04. The molecular weight excluding hydrogens is 273 g/mol. The van der Waals surface area contributed by atoms with Gasteiger partial charge < -0.3 is 0 Å². The fraction of sp³-hybridized carbons (Fsp3) is 0.143. The van der Waals surface area contributed by atoms with Crippen molar-refractivity contribution >= 4 is 7.81 Å². The van der Waals surface area contributed by atoms with E-state index in [-0.39, 0.29) is 0 Å². The normalized spacial score (nSPS) is 14.5. The Morgan fingerprint density at radius 2 is 1.47 bits per heavy atom. The van der Waals surface area contributed by atoms with Crippen molar-refractivity contribution in [2.24, 2.45) is 0 Å². The van der Waals surface area contributed by atoms with Gasteiger partial charge in [-0.25, -0.2) is 0 Å². The maximum atomic E-state index is 9.87. The number of pyridine rings is 1. The van der Waals surface area contributed by atoms with Crippen LogP contribution < -0.4 is 9.57 Å². The average Bonchev–Trinajstić information content (AvgIpc) is 2.13. The third-order valence-electron chi connectivity index (χ3n) is 1.14. The summed E-state index contributed by atoms with van der Waals surface area (Å²) in [7, 11) is -9.10. The summed E-state index contributed by atoms with van der Waals surface area (Å²) in [5.41, 5.74) is 0.633. The minimum atomic E-state index is -10.7. The van der Waals surface area contributed by atoms with Gasteiger partial charge >= 0.3 is 33.0 Å². The Bertz CT molecular complexity index is 408. The van der Waals surface area contributed by atoms with Crippen molar-refractivity contribution in [2.45, 2.75) is 0 Å². The summed E-state index contributed by atoms with van der Waals surface area (Å²) in [6, 6.07) is 5.38. The summed E-state index contributed by atoms with van der Waals surface area (Å²) in [4.78, 5) is 4.82. The van der Waals surface area contributed by atoms with Crippen LogP contribution in [0.25, 0.3) is 0 Å². The third kappa shape index (κ3) is 14.5. The molecule has 10 heteroatoms. The van der Waals surface area contributed by atoms with Gasteiger partial charge in [0, 0.05) is 16.9 Å². The summed E-state index contributed by atoms with van der Waals surface area (Å²) >= 11 is 0. The number of nitrogens with zero attached hydrogens (tertiary/aromatic N) is 2. The maximum absolute atomic E-state index is 10.7. The summed E-state index contributed by atoms with van der Waals surface area (Å²) in [5.74, 6) is 0. The van der Waals surface area contributed by atoms with Crippen LogP contribution in [-0.4, -0.2) is 7.11 Å². The van der Waals surface area contributed by atoms with Gasteiger partial charge in [-0.2, -0.15) is 5.26 Å². The van der Waals surface area contributed by atoms with Crippen LogP contribution in [0.3, 0.4) is 0 Å². The summed E-state index contributed by atoms with van der Waals surface area (Å²) in [6.45, 7) is 0. The first kappa shape index (κ1) is 15.4. The molecule has 0 spiro atoms. The molecule has 1 heterocycles. The molecule has 1 rings (SSSR count). The van der Waals surface area contributed by atoms with Gasteiger partial charge in [-0.3, -0.25) is 4.84 Å². The monoisotopic (exact) mass is 280 g/mol. The molecule has 0 atom stereocenters. The molecule has 98 valence electrons. The first-order chi connectivity index (χ1) is 7.31. The molecule has 0 fully saturated rings. The molecule has 1 aromatic rings. The SMILES string of the molecule is CO[n+]1ccc(C#N)cc1.F[P-](F)(F)(F)(F)F. The molecule has 0 aliphatic carbocycles.